The Labute approximate surface area is 159 Å². The zero-order chi connectivity index (χ0) is 19.2. The summed E-state index contributed by atoms with van der Waals surface area (Å²) in [7, 11) is 4.70. The number of rotatable bonds is 6. The topological polar surface area (TPSA) is 56.8 Å². The van der Waals surface area contributed by atoms with E-state index in [-0.39, 0.29) is 11.9 Å². The van der Waals surface area contributed by atoms with E-state index in [0.29, 0.717) is 17.2 Å². The average Bonchev–Trinajstić information content (AvgIpc) is 2.71. The molecule has 2 aromatic rings. The lowest BCUT2D eigenvalue weighted by Crippen LogP contribution is -2.29. The number of ether oxygens (including phenoxy) is 3. The highest BCUT2D eigenvalue weighted by Crippen LogP contribution is 2.38. The van der Waals surface area contributed by atoms with Gasteiger partial charge in [-0.2, -0.15) is 0 Å². The Bertz CT molecular complexity index is 819. The number of fused-ring (bicyclic) bond motifs is 1. The monoisotopic (exact) mass is 367 g/mol. The fourth-order valence-corrected chi connectivity index (χ4v) is 3.49. The first-order valence-electron chi connectivity index (χ1n) is 9.02. The Hall–Kier alpha value is -2.95. The summed E-state index contributed by atoms with van der Waals surface area (Å²) >= 11 is 0. The molecule has 0 fully saturated rings. The summed E-state index contributed by atoms with van der Waals surface area (Å²) in [5, 5.41) is 3.11. The Morgan fingerprint density at radius 3 is 2.44 bits per heavy atom. The minimum atomic E-state index is -0.120. The van der Waals surface area contributed by atoms with E-state index in [1.165, 1.54) is 17.2 Å². The highest BCUT2D eigenvalue weighted by molar-refractivity contribution is 5.92. The Morgan fingerprint density at radius 2 is 1.78 bits per heavy atom. The van der Waals surface area contributed by atoms with E-state index in [2.05, 4.69) is 17.4 Å². The van der Waals surface area contributed by atoms with Crippen molar-refractivity contribution in [2.24, 2.45) is 0 Å². The molecule has 142 valence electrons. The van der Waals surface area contributed by atoms with E-state index in [4.69, 9.17) is 14.2 Å². The Balaban J connectivity index is 1.74. The Morgan fingerprint density at radius 1 is 1.07 bits per heavy atom. The first-order valence-corrected chi connectivity index (χ1v) is 9.02. The van der Waals surface area contributed by atoms with Gasteiger partial charge in [-0.25, -0.2) is 0 Å². The maximum Gasteiger partial charge on any atom is 0.244 e. The standard InChI is InChI=1S/C22H25NO4/c1-25-19-13-15(14-20(26-2)22(19)27-3)11-12-21(24)23-18-10-6-8-16-7-4-5-9-17(16)18/h4-5,7,9,11-14,18H,6,8,10H2,1-3H3,(H,23,24)/b12-11+/t18-/m0/s1. The summed E-state index contributed by atoms with van der Waals surface area (Å²) in [6, 6.07) is 12.0. The minimum Gasteiger partial charge on any atom is -0.493 e. The van der Waals surface area contributed by atoms with Gasteiger partial charge in [0, 0.05) is 6.08 Å². The van der Waals surface area contributed by atoms with E-state index in [1.807, 2.05) is 12.1 Å². The third-order valence-corrected chi connectivity index (χ3v) is 4.80. The fourth-order valence-electron chi connectivity index (χ4n) is 3.49. The van der Waals surface area contributed by atoms with Crippen molar-refractivity contribution in [1.29, 1.82) is 0 Å². The van der Waals surface area contributed by atoms with Crippen LogP contribution in [0.3, 0.4) is 0 Å². The molecule has 1 aliphatic rings. The summed E-state index contributed by atoms with van der Waals surface area (Å²) in [6.07, 6.45) is 6.40. The normalized spacial score (nSPS) is 15.9. The summed E-state index contributed by atoms with van der Waals surface area (Å²) in [6.45, 7) is 0. The van der Waals surface area contributed by atoms with Crippen molar-refractivity contribution in [2.45, 2.75) is 25.3 Å². The maximum absolute atomic E-state index is 12.4. The van der Waals surface area contributed by atoms with Crippen LogP contribution in [-0.2, 0) is 11.2 Å². The predicted molar refractivity (Wildman–Crippen MR) is 105 cm³/mol. The van der Waals surface area contributed by atoms with Crippen molar-refractivity contribution in [3.8, 4) is 17.2 Å². The molecular formula is C22H25NO4. The van der Waals surface area contributed by atoms with E-state index >= 15 is 0 Å². The van der Waals surface area contributed by atoms with Crippen LogP contribution in [0.2, 0.25) is 0 Å². The molecule has 27 heavy (non-hydrogen) atoms. The second-order valence-corrected chi connectivity index (χ2v) is 6.44. The van der Waals surface area contributed by atoms with Crippen LogP contribution in [0.25, 0.3) is 6.08 Å². The van der Waals surface area contributed by atoms with Crippen LogP contribution in [0, 0.1) is 0 Å². The Kier molecular flexibility index (Phi) is 6.01. The average molecular weight is 367 g/mol. The van der Waals surface area contributed by atoms with Gasteiger partial charge in [-0.15, -0.1) is 0 Å². The van der Waals surface area contributed by atoms with Crippen LogP contribution in [0.15, 0.2) is 42.5 Å². The summed E-state index contributed by atoms with van der Waals surface area (Å²) in [5.74, 6) is 1.52. The molecule has 3 rings (SSSR count). The molecule has 0 saturated carbocycles. The molecule has 1 atom stereocenters. The molecule has 0 aromatic heterocycles. The first-order chi connectivity index (χ1) is 13.2. The number of nitrogens with one attached hydrogen (secondary N) is 1. The van der Waals surface area contributed by atoms with E-state index < -0.39 is 0 Å². The molecule has 1 N–H and O–H groups in total. The molecular weight excluding hydrogens is 342 g/mol. The number of methoxy groups -OCH3 is 3. The van der Waals surface area contributed by atoms with E-state index in [0.717, 1.165) is 24.8 Å². The fraction of sp³-hybridized carbons (Fsp3) is 0.318. The number of benzene rings is 2. The van der Waals surface area contributed by atoms with E-state index in [9.17, 15) is 4.79 Å². The second-order valence-electron chi connectivity index (χ2n) is 6.44. The van der Waals surface area contributed by atoms with Crippen molar-refractivity contribution < 1.29 is 19.0 Å². The van der Waals surface area contributed by atoms with Gasteiger partial charge in [0.15, 0.2) is 11.5 Å². The van der Waals surface area contributed by atoms with Gasteiger partial charge in [0.05, 0.1) is 27.4 Å². The van der Waals surface area contributed by atoms with Gasteiger partial charge >= 0.3 is 0 Å². The number of aryl methyl sites for hydroxylation is 1. The largest absolute Gasteiger partial charge is 0.493 e. The van der Waals surface area contributed by atoms with Crippen molar-refractivity contribution in [3.05, 3.63) is 59.2 Å². The third-order valence-electron chi connectivity index (χ3n) is 4.80. The highest BCUT2D eigenvalue weighted by Gasteiger charge is 2.20. The lowest BCUT2D eigenvalue weighted by atomic mass is 9.88. The van der Waals surface area contributed by atoms with Crippen LogP contribution >= 0.6 is 0 Å². The number of hydrogen-bond donors (Lipinski definition) is 1. The minimum absolute atomic E-state index is 0.0621. The molecule has 0 heterocycles. The molecule has 2 aromatic carbocycles. The van der Waals surface area contributed by atoms with Crippen LogP contribution in [-0.4, -0.2) is 27.2 Å². The molecule has 0 radical (unpaired) electrons. The summed E-state index contributed by atoms with van der Waals surface area (Å²) < 4.78 is 16.0. The highest BCUT2D eigenvalue weighted by atomic mass is 16.5. The maximum atomic E-state index is 12.4. The number of hydrogen-bond acceptors (Lipinski definition) is 4. The van der Waals surface area contributed by atoms with Crippen LogP contribution in [0.5, 0.6) is 17.2 Å². The molecule has 0 bridgehead atoms. The lowest BCUT2D eigenvalue weighted by molar-refractivity contribution is -0.117. The van der Waals surface area contributed by atoms with Gasteiger partial charge in [-0.05, 0) is 54.2 Å². The van der Waals surface area contributed by atoms with Gasteiger partial charge in [0.1, 0.15) is 0 Å². The van der Waals surface area contributed by atoms with Crippen molar-refractivity contribution in [3.63, 3.8) is 0 Å². The van der Waals surface area contributed by atoms with Gasteiger partial charge < -0.3 is 19.5 Å². The van der Waals surface area contributed by atoms with E-state index in [1.54, 1.807) is 39.5 Å². The molecule has 0 aliphatic heterocycles. The second kappa shape index (κ2) is 8.62. The summed E-state index contributed by atoms with van der Waals surface area (Å²) in [4.78, 5) is 12.4. The van der Waals surface area contributed by atoms with Gasteiger partial charge in [0.2, 0.25) is 11.7 Å². The molecule has 0 spiro atoms. The molecule has 1 aliphatic carbocycles. The SMILES string of the molecule is COc1cc(/C=C/C(=O)N[C@H]2CCCc3ccccc32)cc(OC)c1OC. The molecule has 5 nitrogen and oxygen atoms in total. The van der Waals surface area contributed by atoms with Gasteiger partial charge in [-0.1, -0.05) is 24.3 Å². The van der Waals surface area contributed by atoms with Crippen LogP contribution in [0.1, 0.15) is 35.6 Å². The molecule has 1 amide bonds. The zero-order valence-corrected chi connectivity index (χ0v) is 16.0. The number of carbonyl (C=O) groups is 1. The summed E-state index contributed by atoms with van der Waals surface area (Å²) in [5.41, 5.74) is 3.34. The quantitative estimate of drug-likeness (QED) is 0.786. The first kappa shape index (κ1) is 18.8. The van der Waals surface area contributed by atoms with Crippen molar-refractivity contribution in [2.75, 3.05) is 21.3 Å². The number of carbonyl (C=O) groups excluding carboxylic acids is 1. The van der Waals surface area contributed by atoms with Crippen molar-refractivity contribution >= 4 is 12.0 Å². The zero-order valence-electron chi connectivity index (χ0n) is 16.0. The predicted octanol–water partition coefficient (Wildman–Crippen LogP) is 3.92. The molecule has 0 unspecified atom stereocenters. The molecule has 5 heteroatoms. The smallest absolute Gasteiger partial charge is 0.244 e. The lowest BCUT2D eigenvalue weighted by Gasteiger charge is -2.25. The van der Waals surface area contributed by atoms with Crippen LogP contribution in [0.4, 0.5) is 0 Å². The van der Waals surface area contributed by atoms with Crippen LogP contribution < -0.4 is 19.5 Å². The van der Waals surface area contributed by atoms with Crippen molar-refractivity contribution in [1.82, 2.24) is 5.32 Å². The van der Waals surface area contributed by atoms with Gasteiger partial charge in [0.25, 0.3) is 0 Å². The third kappa shape index (κ3) is 4.25. The molecule has 0 saturated heterocycles. The number of amides is 1. The van der Waals surface area contributed by atoms with Gasteiger partial charge in [-0.3, -0.25) is 4.79 Å².